The molecule has 0 aromatic rings. The van der Waals surface area contributed by atoms with E-state index in [0.717, 1.165) is 0 Å². The number of aliphatic hydroxyl groups excluding tert-OH is 1. The Morgan fingerprint density at radius 1 is 1.04 bits per heavy atom. The number of carbonyl (C=O) groups is 2. The second-order valence-corrected chi connectivity index (χ2v) is 8.30. The molecule has 0 spiro atoms. The molecule has 2 atom stereocenters. The van der Waals surface area contributed by atoms with E-state index in [1.165, 1.54) is 0 Å². The van der Waals surface area contributed by atoms with Gasteiger partial charge in [0.15, 0.2) is 6.29 Å². The molecule has 0 fully saturated rings. The van der Waals surface area contributed by atoms with Gasteiger partial charge in [-0.1, -0.05) is 20.8 Å². The molecule has 0 heterocycles. The third-order valence-corrected chi connectivity index (χ3v) is 3.02. The van der Waals surface area contributed by atoms with Gasteiger partial charge in [0.1, 0.15) is 6.61 Å². The van der Waals surface area contributed by atoms with E-state index in [2.05, 4.69) is 0 Å². The van der Waals surface area contributed by atoms with E-state index in [0.29, 0.717) is 6.42 Å². The maximum atomic E-state index is 11.7. The Morgan fingerprint density at radius 2 is 1.64 bits per heavy atom. The summed E-state index contributed by atoms with van der Waals surface area (Å²) in [6.07, 6.45) is -0.435. The number of carboxylic acid groups (broad SMARTS) is 1. The summed E-state index contributed by atoms with van der Waals surface area (Å²) in [5.74, 6) is -1.44. The third-order valence-electron chi connectivity index (χ3n) is 3.02. The average Bonchev–Trinajstić information content (AvgIpc) is 2.40. The van der Waals surface area contributed by atoms with Crippen molar-refractivity contribution in [1.82, 2.24) is 0 Å². The molecular weight excluding hydrogens is 328 g/mol. The Labute approximate surface area is 150 Å². The van der Waals surface area contributed by atoms with Crippen LogP contribution >= 0.6 is 0 Å². The average molecular weight is 362 g/mol. The summed E-state index contributed by atoms with van der Waals surface area (Å²) >= 11 is 0. The van der Waals surface area contributed by atoms with E-state index >= 15 is 0 Å². The molecule has 25 heavy (non-hydrogen) atoms. The largest absolute Gasteiger partial charge is 0.481 e. The number of ether oxygens (including phenoxy) is 3. The lowest BCUT2D eigenvalue weighted by Gasteiger charge is -2.32. The number of hydrogen-bond donors (Lipinski definition) is 2. The van der Waals surface area contributed by atoms with Crippen molar-refractivity contribution in [3.63, 3.8) is 0 Å². The van der Waals surface area contributed by atoms with Crippen molar-refractivity contribution >= 4 is 11.9 Å². The lowest BCUT2D eigenvalue weighted by molar-refractivity contribution is -0.241. The van der Waals surface area contributed by atoms with E-state index in [9.17, 15) is 14.7 Å². The molecule has 2 unspecified atom stereocenters. The highest BCUT2D eigenvalue weighted by Gasteiger charge is 2.26. The Bertz CT molecular complexity index is 407. The minimum Gasteiger partial charge on any atom is -0.481 e. The van der Waals surface area contributed by atoms with Crippen LogP contribution in [0, 0.1) is 5.41 Å². The second-order valence-electron chi connectivity index (χ2n) is 8.30. The van der Waals surface area contributed by atoms with Crippen LogP contribution in [0.1, 0.15) is 67.2 Å². The maximum absolute atomic E-state index is 11.7. The predicted octanol–water partition coefficient (Wildman–Crippen LogP) is 2.74. The molecule has 7 nitrogen and oxygen atoms in total. The normalized spacial score (nSPS) is 14.8. The van der Waals surface area contributed by atoms with E-state index < -0.39 is 29.9 Å². The van der Waals surface area contributed by atoms with Crippen molar-refractivity contribution in [2.45, 2.75) is 85.2 Å². The number of esters is 1. The van der Waals surface area contributed by atoms with Gasteiger partial charge in [0.05, 0.1) is 18.3 Å². The van der Waals surface area contributed by atoms with E-state index in [-0.39, 0.29) is 37.9 Å². The van der Waals surface area contributed by atoms with Gasteiger partial charge in [-0.15, -0.1) is 0 Å². The standard InChI is InChI=1S/C18H34O7/c1-17(2,3)10-13(11-19)24-16(25-18(4,5)6)12-23-15(22)9-7-8-14(20)21/h13,16,19H,7-12H2,1-6H3,(H,20,21). The molecule has 0 aromatic carbocycles. The van der Waals surface area contributed by atoms with Gasteiger partial charge in [-0.3, -0.25) is 9.59 Å². The first-order chi connectivity index (χ1) is 11.3. The van der Waals surface area contributed by atoms with Crippen LogP contribution in [-0.4, -0.2) is 53.4 Å². The van der Waals surface area contributed by atoms with Gasteiger partial charge in [0.25, 0.3) is 0 Å². The van der Waals surface area contributed by atoms with Crippen LogP contribution in [-0.2, 0) is 23.8 Å². The zero-order chi connectivity index (χ0) is 19.7. The molecule has 2 N–H and O–H groups in total. The summed E-state index contributed by atoms with van der Waals surface area (Å²) in [6.45, 7) is 11.4. The van der Waals surface area contributed by atoms with E-state index in [1.54, 1.807) is 0 Å². The highest BCUT2D eigenvalue weighted by Crippen LogP contribution is 2.24. The minimum absolute atomic E-state index is 0.0277. The highest BCUT2D eigenvalue weighted by molar-refractivity contribution is 5.71. The Morgan fingerprint density at radius 3 is 2.08 bits per heavy atom. The van der Waals surface area contributed by atoms with Crippen LogP contribution in [0.5, 0.6) is 0 Å². The van der Waals surface area contributed by atoms with Crippen molar-refractivity contribution in [3.8, 4) is 0 Å². The van der Waals surface area contributed by atoms with Crippen molar-refractivity contribution < 1.29 is 34.0 Å². The number of rotatable bonds is 11. The predicted molar refractivity (Wildman–Crippen MR) is 93.1 cm³/mol. The zero-order valence-corrected chi connectivity index (χ0v) is 16.3. The number of carboxylic acids is 1. The number of aliphatic carboxylic acids is 1. The molecule has 148 valence electrons. The molecule has 0 rings (SSSR count). The zero-order valence-electron chi connectivity index (χ0n) is 16.3. The summed E-state index contributed by atoms with van der Waals surface area (Å²) < 4.78 is 16.7. The number of aliphatic hydroxyl groups is 1. The van der Waals surface area contributed by atoms with Crippen molar-refractivity contribution in [2.75, 3.05) is 13.2 Å². The molecule has 0 aliphatic carbocycles. The molecule has 0 saturated heterocycles. The monoisotopic (exact) mass is 362 g/mol. The van der Waals surface area contributed by atoms with Gasteiger partial charge < -0.3 is 24.4 Å². The van der Waals surface area contributed by atoms with Crippen LogP contribution in [0.3, 0.4) is 0 Å². The first-order valence-corrected chi connectivity index (χ1v) is 8.64. The van der Waals surface area contributed by atoms with Crippen molar-refractivity contribution in [1.29, 1.82) is 0 Å². The topological polar surface area (TPSA) is 102 Å². The summed E-state index contributed by atoms with van der Waals surface area (Å²) in [4.78, 5) is 22.2. The quantitative estimate of drug-likeness (QED) is 0.430. The molecule has 0 aliphatic rings. The fraction of sp³-hybridized carbons (Fsp3) is 0.889. The lowest BCUT2D eigenvalue weighted by atomic mass is 9.89. The maximum Gasteiger partial charge on any atom is 0.305 e. The fourth-order valence-electron chi connectivity index (χ4n) is 2.17. The van der Waals surface area contributed by atoms with Crippen LogP contribution in [0.25, 0.3) is 0 Å². The minimum atomic E-state index is -0.946. The van der Waals surface area contributed by atoms with Gasteiger partial charge in [-0.05, 0) is 39.0 Å². The molecule has 0 amide bonds. The summed E-state index contributed by atoms with van der Waals surface area (Å²) in [5.41, 5.74) is -0.546. The van der Waals surface area contributed by atoms with Gasteiger partial charge in [0, 0.05) is 12.8 Å². The first-order valence-electron chi connectivity index (χ1n) is 8.64. The lowest BCUT2D eigenvalue weighted by Crippen LogP contribution is -2.38. The summed E-state index contributed by atoms with van der Waals surface area (Å²) in [6, 6.07) is 0. The smallest absolute Gasteiger partial charge is 0.305 e. The molecular formula is C18H34O7. The molecule has 0 saturated carbocycles. The van der Waals surface area contributed by atoms with Crippen LogP contribution in [0.15, 0.2) is 0 Å². The van der Waals surface area contributed by atoms with Gasteiger partial charge in [-0.2, -0.15) is 0 Å². The van der Waals surface area contributed by atoms with E-state index in [4.69, 9.17) is 19.3 Å². The molecule has 0 radical (unpaired) electrons. The Hall–Kier alpha value is -1.18. The van der Waals surface area contributed by atoms with Crippen molar-refractivity contribution in [2.24, 2.45) is 5.41 Å². The summed E-state index contributed by atoms with van der Waals surface area (Å²) in [7, 11) is 0. The molecule has 0 bridgehead atoms. The Balaban J connectivity index is 4.61. The Kier molecular flexibility index (Phi) is 10.2. The summed E-state index contributed by atoms with van der Waals surface area (Å²) in [5, 5.41) is 18.1. The molecule has 7 heteroatoms. The fourth-order valence-corrected chi connectivity index (χ4v) is 2.17. The SMILES string of the molecule is CC(C)(C)CC(CO)OC(COC(=O)CCCC(=O)O)OC(C)(C)C. The van der Waals surface area contributed by atoms with Crippen molar-refractivity contribution in [3.05, 3.63) is 0 Å². The van der Waals surface area contributed by atoms with E-state index in [1.807, 2.05) is 41.5 Å². The number of carbonyl (C=O) groups excluding carboxylic acids is 1. The third kappa shape index (κ3) is 14.8. The van der Waals surface area contributed by atoms with Gasteiger partial charge in [0.2, 0.25) is 0 Å². The van der Waals surface area contributed by atoms with Gasteiger partial charge >= 0.3 is 11.9 Å². The highest BCUT2D eigenvalue weighted by atomic mass is 16.7. The second kappa shape index (κ2) is 10.7. The van der Waals surface area contributed by atoms with Crippen LogP contribution in [0.4, 0.5) is 0 Å². The molecule has 0 aliphatic heterocycles. The first kappa shape index (κ1) is 23.8. The van der Waals surface area contributed by atoms with Crippen LogP contribution < -0.4 is 0 Å². The molecule has 0 aromatic heterocycles. The number of hydrogen-bond acceptors (Lipinski definition) is 6. The van der Waals surface area contributed by atoms with Gasteiger partial charge in [-0.25, -0.2) is 0 Å². The van der Waals surface area contributed by atoms with Crippen LogP contribution in [0.2, 0.25) is 0 Å².